The van der Waals surface area contributed by atoms with Gasteiger partial charge in [0, 0.05) is 30.7 Å². The fourth-order valence-corrected chi connectivity index (χ4v) is 6.34. The number of carboxylic acids is 1. The lowest BCUT2D eigenvalue weighted by Gasteiger charge is -2.25. The molecular weight excluding hydrogens is 504 g/mol. The number of imidazole rings is 1. The van der Waals surface area contributed by atoms with Crippen LogP contribution in [0.15, 0.2) is 48.8 Å². The normalized spacial score (nSPS) is 16.2. The van der Waals surface area contributed by atoms with Crippen LogP contribution >= 0.6 is 0 Å². The number of fused-ring (bicyclic) bond motifs is 2. The van der Waals surface area contributed by atoms with Gasteiger partial charge >= 0.3 is 5.97 Å². The standard InChI is InChI=1S/C31H34N6O3/c1-35-16-20(15-33-35)18-37-29-25(12-23(31(38)39)14-27(29)40-2)34-30(37)26-13-22-4-3-5-24(21-8-10-32-11-9-21)28(22)36(26)17-19-6-7-19/h3-5,12-16,19,21,32H,6-11,17-18H2,1-2H3,(H,38,39). The maximum Gasteiger partial charge on any atom is 0.335 e. The molecule has 3 aromatic heterocycles. The Morgan fingerprint density at radius 3 is 2.62 bits per heavy atom. The number of aromatic carboxylic acids is 1. The number of ether oxygens (including phenoxy) is 1. The van der Waals surface area contributed by atoms with E-state index in [2.05, 4.69) is 43.8 Å². The van der Waals surface area contributed by atoms with E-state index < -0.39 is 5.97 Å². The van der Waals surface area contributed by atoms with Crippen LogP contribution in [0.5, 0.6) is 5.75 Å². The number of carbonyl (C=O) groups is 1. The lowest BCUT2D eigenvalue weighted by Crippen LogP contribution is -2.27. The van der Waals surface area contributed by atoms with Gasteiger partial charge in [-0.3, -0.25) is 4.68 Å². The first-order valence-corrected chi connectivity index (χ1v) is 14.1. The topological polar surface area (TPSA) is 99.1 Å². The number of methoxy groups -OCH3 is 1. The minimum absolute atomic E-state index is 0.161. The highest BCUT2D eigenvalue weighted by atomic mass is 16.5. The molecule has 0 atom stereocenters. The van der Waals surface area contributed by atoms with Crippen LogP contribution in [-0.2, 0) is 20.1 Å². The number of hydrogen-bond acceptors (Lipinski definition) is 5. The first-order chi connectivity index (χ1) is 19.5. The molecule has 0 spiro atoms. The van der Waals surface area contributed by atoms with Crippen LogP contribution in [0.3, 0.4) is 0 Å². The predicted octanol–water partition coefficient (Wildman–Crippen LogP) is 5.02. The van der Waals surface area contributed by atoms with E-state index in [1.807, 2.05) is 19.4 Å². The van der Waals surface area contributed by atoms with Gasteiger partial charge in [-0.2, -0.15) is 5.10 Å². The third kappa shape index (κ3) is 4.34. The first-order valence-electron chi connectivity index (χ1n) is 14.1. The monoisotopic (exact) mass is 538 g/mol. The minimum Gasteiger partial charge on any atom is -0.494 e. The highest BCUT2D eigenvalue weighted by Crippen LogP contribution is 2.41. The molecule has 1 saturated carbocycles. The highest BCUT2D eigenvalue weighted by molar-refractivity contribution is 5.97. The summed E-state index contributed by atoms with van der Waals surface area (Å²) in [4.78, 5) is 17.1. The average molecular weight is 539 g/mol. The molecule has 0 unspecified atom stereocenters. The molecular formula is C31H34N6O3. The van der Waals surface area contributed by atoms with E-state index in [0.29, 0.717) is 29.6 Å². The molecule has 0 bridgehead atoms. The maximum atomic E-state index is 11.9. The average Bonchev–Trinajstić information content (AvgIpc) is 3.41. The molecule has 9 heteroatoms. The van der Waals surface area contributed by atoms with E-state index in [1.54, 1.807) is 23.9 Å². The van der Waals surface area contributed by atoms with Crippen molar-refractivity contribution in [2.24, 2.45) is 13.0 Å². The predicted molar refractivity (Wildman–Crippen MR) is 154 cm³/mol. The number of benzene rings is 2. The largest absolute Gasteiger partial charge is 0.494 e. The molecule has 1 aliphatic heterocycles. The molecule has 0 radical (unpaired) electrons. The summed E-state index contributed by atoms with van der Waals surface area (Å²) >= 11 is 0. The van der Waals surface area contributed by atoms with Crippen LogP contribution in [0.25, 0.3) is 33.5 Å². The van der Waals surface area contributed by atoms with Gasteiger partial charge in [0.1, 0.15) is 11.3 Å². The minimum atomic E-state index is -1.00. The highest BCUT2D eigenvalue weighted by Gasteiger charge is 2.29. The van der Waals surface area contributed by atoms with E-state index in [-0.39, 0.29) is 5.56 Å². The fourth-order valence-electron chi connectivity index (χ4n) is 6.34. The lowest BCUT2D eigenvalue weighted by atomic mass is 9.89. The molecule has 4 heterocycles. The van der Waals surface area contributed by atoms with Crippen LogP contribution in [0.2, 0.25) is 0 Å². The van der Waals surface area contributed by atoms with Crippen LogP contribution in [0.1, 0.15) is 53.1 Å². The molecule has 40 heavy (non-hydrogen) atoms. The molecule has 5 aromatic rings. The van der Waals surface area contributed by atoms with E-state index in [1.165, 1.54) is 29.3 Å². The number of nitrogens with one attached hydrogen (secondary N) is 1. The van der Waals surface area contributed by atoms with Gasteiger partial charge in [-0.15, -0.1) is 0 Å². The SMILES string of the molecule is COc1cc(C(=O)O)cc2nc(-c3cc4cccc(C5CCNCC5)c4n3CC3CC3)n(Cc3cnn(C)c3)c12. The number of rotatable bonds is 8. The van der Waals surface area contributed by atoms with Crippen molar-refractivity contribution in [3.63, 3.8) is 0 Å². The summed E-state index contributed by atoms with van der Waals surface area (Å²) in [5, 5.41) is 18.9. The van der Waals surface area contributed by atoms with Crippen LogP contribution in [0, 0.1) is 5.92 Å². The van der Waals surface area contributed by atoms with Crippen molar-refractivity contribution in [2.45, 2.75) is 44.7 Å². The zero-order valence-corrected chi connectivity index (χ0v) is 22.9. The molecule has 206 valence electrons. The third-order valence-corrected chi connectivity index (χ3v) is 8.47. The van der Waals surface area contributed by atoms with Crippen molar-refractivity contribution in [3.8, 4) is 17.3 Å². The number of nitrogens with zero attached hydrogens (tertiary/aromatic N) is 5. The van der Waals surface area contributed by atoms with Crippen molar-refractivity contribution in [2.75, 3.05) is 20.2 Å². The number of carboxylic acid groups (broad SMARTS) is 1. The van der Waals surface area contributed by atoms with E-state index in [0.717, 1.165) is 55.1 Å². The third-order valence-electron chi connectivity index (χ3n) is 8.47. The molecule has 1 aliphatic carbocycles. The van der Waals surface area contributed by atoms with E-state index >= 15 is 0 Å². The second kappa shape index (κ2) is 9.82. The molecule has 7 rings (SSSR count). The van der Waals surface area contributed by atoms with Crippen molar-refractivity contribution < 1.29 is 14.6 Å². The molecule has 9 nitrogen and oxygen atoms in total. The Morgan fingerprint density at radius 2 is 1.93 bits per heavy atom. The second-order valence-corrected chi connectivity index (χ2v) is 11.3. The Labute approximate surface area is 232 Å². The van der Waals surface area contributed by atoms with Gasteiger partial charge < -0.3 is 24.3 Å². The Hall–Kier alpha value is -4.11. The van der Waals surface area contributed by atoms with Crippen LogP contribution in [-0.4, -0.2) is 55.2 Å². The van der Waals surface area contributed by atoms with Gasteiger partial charge in [0.25, 0.3) is 0 Å². The van der Waals surface area contributed by atoms with Gasteiger partial charge in [0.2, 0.25) is 0 Å². The lowest BCUT2D eigenvalue weighted by molar-refractivity contribution is 0.0696. The van der Waals surface area contributed by atoms with Gasteiger partial charge in [-0.1, -0.05) is 18.2 Å². The molecule has 2 fully saturated rings. The summed E-state index contributed by atoms with van der Waals surface area (Å²) in [7, 11) is 3.49. The molecule has 2 aromatic carbocycles. The number of piperidine rings is 1. The molecule has 0 amide bonds. The summed E-state index contributed by atoms with van der Waals surface area (Å²) in [5.41, 5.74) is 6.38. The smallest absolute Gasteiger partial charge is 0.335 e. The van der Waals surface area contributed by atoms with Crippen LogP contribution in [0.4, 0.5) is 0 Å². The molecule has 2 N–H and O–H groups in total. The van der Waals surface area contributed by atoms with Gasteiger partial charge in [-0.05, 0) is 74.4 Å². The van der Waals surface area contributed by atoms with Crippen molar-refractivity contribution >= 4 is 27.9 Å². The Bertz CT molecular complexity index is 1740. The van der Waals surface area contributed by atoms with Crippen molar-refractivity contribution in [1.29, 1.82) is 0 Å². The quantitative estimate of drug-likeness (QED) is 0.288. The van der Waals surface area contributed by atoms with E-state index in [4.69, 9.17) is 9.72 Å². The Morgan fingerprint density at radius 1 is 1.10 bits per heavy atom. The Kier molecular flexibility index (Phi) is 6.11. The maximum absolute atomic E-state index is 11.9. The zero-order chi connectivity index (χ0) is 27.4. The van der Waals surface area contributed by atoms with Crippen molar-refractivity contribution in [3.05, 3.63) is 65.5 Å². The zero-order valence-electron chi connectivity index (χ0n) is 22.9. The first kappa shape index (κ1) is 24.9. The fraction of sp³-hybridized carbons (Fsp3) is 0.387. The van der Waals surface area contributed by atoms with Gasteiger partial charge in [0.15, 0.2) is 5.82 Å². The number of para-hydroxylation sites is 1. The summed E-state index contributed by atoms with van der Waals surface area (Å²) in [5.74, 6) is 1.50. The Balaban J connectivity index is 1.49. The summed E-state index contributed by atoms with van der Waals surface area (Å²) in [6.45, 7) is 3.58. The van der Waals surface area contributed by atoms with Crippen LogP contribution < -0.4 is 10.1 Å². The van der Waals surface area contributed by atoms with Crippen molar-refractivity contribution in [1.82, 2.24) is 29.2 Å². The summed E-state index contributed by atoms with van der Waals surface area (Å²) in [6, 6.07) is 12.2. The molecule has 1 saturated heterocycles. The van der Waals surface area contributed by atoms with Gasteiger partial charge in [0.05, 0.1) is 42.1 Å². The second-order valence-electron chi connectivity index (χ2n) is 11.3. The summed E-state index contributed by atoms with van der Waals surface area (Å²) < 4.78 is 12.2. The van der Waals surface area contributed by atoms with E-state index in [9.17, 15) is 9.90 Å². The van der Waals surface area contributed by atoms with Gasteiger partial charge in [-0.25, -0.2) is 9.78 Å². The number of hydrogen-bond donors (Lipinski definition) is 2. The molecule has 2 aliphatic rings. The number of aromatic nitrogens is 5. The number of aryl methyl sites for hydroxylation is 1. The summed E-state index contributed by atoms with van der Waals surface area (Å²) in [6.07, 6.45) is 8.63.